The van der Waals surface area contributed by atoms with Gasteiger partial charge < -0.3 is 20.3 Å². The van der Waals surface area contributed by atoms with Gasteiger partial charge in [-0.3, -0.25) is 4.79 Å². The third-order valence-electron chi connectivity index (χ3n) is 6.13. The average molecular weight is 398 g/mol. The summed E-state index contributed by atoms with van der Waals surface area (Å²) in [7, 11) is 1.77. The molecular formula is C20H22N4O3S. The molecule has 146 valence electrons. The molecule has 2 N–H and O–H groups in total. The first-order chi connectivity index (χ1) is 13.5. The smallest absolute Gasteiger partial charge is 0.321 e. The zero-order valence-corrected chi connectivity index (χ0v) is 16.5. The molecule has 1 unspecified atom stereocenters. The van der Waals surface area contributed by atoms with Crippen LogP contribution in [0.15, 0.2) is 23.6 Å². The van der Waals surface area contributed by atoms with Crippen LogP contribution in [0.25, 0.3) is 11.3 Å². The fraction of sp³-hybridized carbons (Fsp3) is 0.450. The molecule has 1 spiro atoms. The highest BCUT2D eigenvalue weighted by molar-refractivity contribution is 7.14. The van der Waals surface area contributed by atoms with Crippen molar-refractivity contribution in [2.45, 2.75) is 25.8 Å². The van der Waals surface area contributed by atoms with E-state index < -0.39 is 0 Å². The number of nitrogens with zero attached hydrogens (tertiary/aromatic N) is 2. The van der Waals surface area contributed by atoms with Gasteiger partial charge in [0.2, 0.25) is 5.91 Å². The largest absolute Gasteiger partial charge is 0.381 e. The number of fused-ring (bicyclic) bond motifs is 1. The first-order valence-electron chi connectivity index (χ1n) is 9.54. The van der Waals surface area contributed by atoms with E-state index >= 15 is 0 Å². The second kappa shape index (κ2) is 6.56. The lowest BCUT2D eigenvalue weighted by Crippen LogP contribution is -2.35. The number of rotatable bonds is 3. The number of nitrogens with one attached hydrogen (secondary N) is 2. The van der Waals surface area contributed by atoms with Crippen molar-refractivity contribution in [2.24, 2.45) is 11.3 Å². The van der Waals surface area contributed by atoms with E-state index in [2.05, 4.69) is 15.6 Å². The second-order valence-corrected chi connectivity index (χ2v) is 8.77. The van der Waals surface area contributed by atoms with Crippen LogP contribution in [0.3, 0.4) is 0 Å². The van der Waals surface area contributed by atoms with Crippen molar-refractivity contribution in [3.8, 4) is 11.3 Å². The summed E-state index contributed by atoms with van der Waals surface area (Å²) in [6.45, 7) is 2.09. The van der Waals surface area contributed by atoms with Crippen LogP contribution in [0.5, 0.6) is 0 Å². The number of aromatic nitrogens is 1. The molecule has 0 radical (unpaired) electrons. The van der Waals surface area contributed by atoms with Gasteiger partial charge in [0.1, 0.15) is 0 Å². The van der Waals surface area contributed by atoms with Gasteiger partial charge in [0.05, 0.1) is 5.69 Å². The minimum Gasteiger partial charge on any atom is -0.381 e. The van der Waals surface area contributed by atoms with Crippen LogP contribution >= 0.6 is 11.3 Å². The van der Waals surface area contributed by atoms with Gasteiger partial charge in [0.25, 0.3) is 0 Å². The fourth-order valence-electron chi connectivity index (χ4n) is 4.25. The maximum atomic E-state index is 12.6. The molecule has 3 heterocycles. The maximum Gasteiger partial charge on any atom is 0.321 e. The van der Waals surface area contributed by atoms with Crippen LogP contribution in [0, 0.1) is 11.3 Å². The molecule has 2 aliphatic heterocycles. The Morgan fingerprint density at radius 2 is 2.21 bits per heavy atom. The highest BCUT2D eigenvalue weighted by Gasteiger charge is 2.58. The summed E-state index contributed by atoms with van der Waals surface area (Å²) in [5.41, 5.74) is 3.87. The fourth-order valence-corrected chi connectivity index (χ4v) is 4.97. The number of thiazole rings is 1. The van der Waals surface area contributed by atoms with E-state index in [1.165, 1.54) is 11.3 Å². The average Bonchev–Trinajstić information content (AvgIpc) is 3.17. The van der Waals surface area contributed by atoms with E-state index in [4.69, 9.17) is 4.74 Å². The predicted molar refractivity (Wildman–Crippen MR) is 107 cm³/mol. The van der Waals surface area contributed by atoms with Crippen LogP contribution in [0.4, 0.5) is 15.6 Å². The quantitative estimate of drug-likeness (QED) is 0.828. The molecule has 7 nitrogen and oxygen atoms in total. The third kappa shape index (κ3) is 3.06. The lowest BCUT2D eigenvalue weighted by atomic mass is 9.94. The zero-order valence-electron chi connectivity index (χ0n) is 15.7. The SMILES string of the molecule is CN1Cc2cc(-c3csc(NC(=O)C4CC45CCOCC5)n3)ccc2NC1=O. The number of carbonyl (C=O) groups excluding carboxylic acids is 2. The summed E-state index contributed by atoms with van der Waals surface area (Å²) in [4.78, 5) is 30.6. The molecule has 8 heteroatoms. The van der Waals surface area contributed by atoms with E-state index in [1.807, 2.05) is 23.6 Å². The second-order valence-electron chi connectivity index (χ2n) is 7.92. The van der Waals surface area contributed by atoms with Crippen LogP contribution in [-0.4, -0.2) is 42.1 Å². The first-order valence-corrected chi connectivity index (χ1v) is 10.4. The van der Waals surface area contributed by atoms with E-state index in [9.17, 15) is 9.59 Å². The Labute approximate surface area is 167 Å². The summed E-state index contributed by atoms with van der Waals surface area (Å²) in [6, 6.07) is 5.81. The number of amides is 3. The molecule has 1 atom stereocenters. The molecule has 1 saturated heterocycles. The van der Waals surface area contributed by atoms with Crippen molar-refractivity contribution in [3.05, 3.63) is 29.1 Å². The minimum atomic E-state index is -0.0960. The lowest BCUT2D eigenvalue weighted by molar-refractivity contribution is -0.118. The molecule has 1 aromatic carbocycles. The Balaban J connectivity index is 1.28. The van der Waals surface area contributed by atoms with E-state index in [-0.39, 0.29) is 23.3 Å². The minimum absolute atomic E-state index is 0.0811. The van der Waals surface area contributed by atoms with Gasteiger partial charge in [-0.2, -0.15) is 0 Å². The number of anilines is 2. The number of benzene rings is 1. The van der Waals surface area contributed by atoms with Gasteiger partial charge in [-0.05, 0) is 42.4 Å². The molecule has 2 fully saturated rings. The molecule has 1 aromatic heterocycles. The van der Waals surface area contributed by atoms with Gasteiger partial charge in [-0.25, -0.2) is 9.78 Å². The Bertz CT molecular complexity index is 951. The number of urea groups is 1. The molecule has 1 aliphatic carbocycles. The molecule has 3 aliphatic rings. The van der Waals surface area contributed by atoms with Gasteiger partial charge in [0, 0.05) is 49.4 Å². The van der Waals surface area contributed by atoms with Gasteiger partial charge in [0.15, 0.2) is 5.13 Å². The Morgan fingerprint density at radius 1 is 1.39 bits per heavy atom. The highest BCUT2D eigenvalue weighted by Crippen LogP contribution is 2.59. The summed E-state index contributed by atoms with van der Waals surface area (Å²) in [6.07, 6.45) is 2.92. The van der Waals surface area contributed by atoms with Crippen molar-refractivity contribution >= 4 is 34.1 Å². The Hall–Kier alpha value is -2.45. The molecule has 0 bridgehead atoms. The molecule has 2 aromatic rings. The summed E-state index contributed by atoms with van der Waals surface area (Å²) < 4.78 is 5.43. The number of carbonyl (C=O) groups is 2. The highest BCUT2D eigenvalue weighted by atomic mass is 32.1. The van der Waals surface area contributed by atoms with Crippen LogP contribution in [0.2, 0.25) is 0 Å². The normalized spacial score (nSPS) is 22.5. The molecule has 5 rings (SSSR count). The monoisotopic (exact) mass is 398 g/mol. The van der Waals surface area contributed by atoms with E-state index in [0.717, 1.165) is 55.0 Å². The standard InChI is InChI=1S/C20H22N4O3S/c1-24-10-13-8-12(2-3-15(13)22-19(24)26)16-11-28-18(21-16)23-17(25)14-9-20(14)4-6-27-7-5-20/h2-3,8,11,14H,4-7,9-10H2,1H3,(H,22,26)(H,21,23,25). The Kier molecular flexibility index (Phi) is 4.13. The summed E-state index contributed by atoms with van der Waals surface area (Å²) >= 11 is 1.44. The van der Waals surface area contributed by atoms with Crippen LogP contribution in [0.1, 0.15) is 24.8 Å². The number of hydrogen-bond acceptors (Lipinski definition) is 5. The zero-order chi connectivity index (χ0) is 19.3. The van der Waals surface area contributed by atoms with Gasteiger partial charge in [-0.1, -0.05) is 6.07 Å². The number of ether oxygens (including phenoxy) is 1. The molecule has 3 amide bonds. The first kappa shape index (κ1) is 17.6. The number of hydrogen-bond donors (Lipinski definition) is 2. The van der Waals surface area contributed by atoms with Crippen LogP contribution < -0.4 is 10.6 Å². The summed E-state index contributed by atoms with van der Waals surface area (Å²) in [5.74, 6) is 0.171. The Morgan fingerprint density at radius 3 is 3.04 bits per heavy atom. The van der Waals surface area contributed by atoms with Crippen molar-refractivity contribution < 1.29 is 14.3 Å². The predicted octanol–water partition coefficient (Wildman–Crippen LogP) is 3.54. The van der Waals surface area contributed by atoms with Gasteiger partial charge in [-0.15, -0.1) is 11.3 Å². The van der Waals surface area contributed by atoms with Crippen molar-refractivity contribution in [3.63, 3.8) is 0 Å². The molecule has 28 heavy (non-hydrogen) atoms. The van der Waals surface area contributed by atoms with Crippen molar-refractivity contribution in [2.75, 3.05) is 30.9 Å². The van der Waals surface area contributed by atoms with Crippen molar-refractivity contribution in [1.82, 2.24) is 9.88 Å². The molecular weight excluding hydrogens is 376 g/mol. The van der Waals surface area contributed by atoms with Crippen LogP contribution in [-0.2, 0) is 16.1 Å². The van der Waals surface area contributed by atoms with Gasteiger partial charge >= 0.3 is 6.03 Å². The summed E-state index contributed by atoms with van der Waals surface area (Å²) in [5, 5.41) is 8.47. The van der Waals surface area contributed by atoms with E-state index in [1.54, 1.807) is 11.9 Å². The maximum absolute atomic E-state index is 12.6. The lowest BCUT2D eigenvalue weighted by Gasteiger charge is -2.26. The van der Waals surface area contributed by atoms with E-state index in [0.29, 0.717) is 11.7 Å². The third-order valence-corrected chi connectivity index (χ3v) is 6.88. The topological polar surface area (TPSA) is 83.6 Å². The molecule has 1 saturated carbocycles. The van der Waals surface area contributed by atoms with Crippen molar-refractivity contribution in [1.29, 1.82) is 0 Å².